The average Bonchev–Trinajstić information content (AvgIpc) is 2.71. The number of hydrogen-bond acceptors (Lipinski definition) is 3. The number of benzene rings is 1. The average molecular weight is 384 g/mol. The Balaban J connectivity index is 1.39. The minimum Gasteiger partial charge on any atom is -0.356 e. The summed E-state index contributed by atoms with van der Waals surface area (Å²) in [6, 6.07) is 9.31. The number of aromatic nitrogens is 1. The number of guanidine groups is 1. The zero-order valence-corrected chi connectivity index (χ0v) is 16.8. The highest BCUT2D eigenvalue weighted by Crippen LogP contribution is 2.14. The van der Waals surface area contributed by atoms with Gasteiger partial charge in [-0.1, -0.05) is 12.1 Å². The molecule has 5 nitrogen and oxygen atoms in total. The fraction of sp³-hybridized carbons (Fsp3) is 0.455. The summed E-state index contributed by atoms with van der Waals surface area (Å²) in [6.45, 7) is 5.87. The lowest BCUT2D eigenvalue weighted by atomic mass is 10.0. The quantitative estimate of drug-likeness (QED) is 0.595. The molecule has 0 saturated carbocycles. The summed E-state index contributed by atoms with van der Waals surface area (Å²) in [4.78, 5) is 10.9. The van der Waals surface area contributed by atoms with Crippen LogP contribution in [0, 0.1) is 12.7 Å². The van der Waals surface area contributed by atoms with Crippen LogP contribution in [0.4, 0.5) is 4.39 Å². The molecule has 0 spiro atoms. The van der Waals surface area contributed by atoms with Gasteiger partial charge in [0.05, 0.1) is 0 Å². The Bertz CT molecular complexity index is 767. The molecule has 150 valence electrons. The van der Waals surface area contributed by atoms with Crippen LogP contribution in [0.5, 0.6) is 0 Å². The smallest absolute Gasteiger partial charge is 0.191 e. The van der Waals surface area contributed by atoms with E-state index in [4.69, 9.17) is 0 Å². The van der Waals surface area contributed by atoms with E-state index in [1.807, 2.05) is 31.6 Å². The molecule has 3 rings (SSSR count). The van der Waals surface area contributed by atoms with Crippen LogP contribution in [0.1, 0.15) is 29.5 Å². The summed E-state index contributed by atoms with van der Waals surface area (Å²) in [5.41, 5.74) is 3.70. The van der Waals surface area contributed by atoms with Crippen LogP contribution in [0.15, 0.2) is 47.7 Å². The first kappa shape index (κ1) is 20.3. The number of aryl methyl sites for hydroxylation is 1. The van der Waals surface area contributed by atoms with Crippen molar-refractivity contribution in [1.29, 1.82) is 0 Å². The van der Waals surface area contributed by atoms with Crippen molar-refractivity contribution in [3.63, 3.8) is 0 Å². The number of pyridine rings is 1. The van der Waals surface area contributed by atoms with Gasteiger partial charge in [-0.05, 0) is 61.1 Å². The first-order valence-corrected chi connectivity index (χ1v) is 9.97. The highest BCUT2D eigenvalue weighted by Gasteiger charge is 2.20. The van der Waals surface area contributed by atoms with E-state index in [0.717, 1.165) is 57.0 Å². The van der Waals surface area contributed by atoms with Crippen molar-refractivity contribution in [1.82, 2.24) is 20.5 Å². The SMILES string of the molecule is CN=C(NCCc1ccncc1C)NC1CCN(Cc2ccc(F)cc2)CC1. The van der Waals surface area contributed by atoms with Crippen LogP contribution in [-0.2, 0) is 13.0 Å². The van der Waals surface area contributed by atoms with Gasteiger partial charge in [0, 0.05) is 51.7 Å². The van der Waals surface area contributed by atoms with Gasteiger partial charge >= 0.3 is 0 Å². The van der Waals surface area contributed by atoms with Crippen LogP contribution < -0.4 is 10.6 Å². The van der Waals surface area contributed by atoms with Gasteiger partial charge in [-0.3, -0.25) is 14.9 Å². The molecule has 0 atom stereocenters. The lowest BCUT2D eigenvalue weighted by Crippen LogP contribution is -2.48. The minimum absolute atomic E-state index is 0.176. The number of rotatable bonds is 6. The molecule has 1 saturated heterocycles. The number of nitrogens with one attached hydrogen (secondary N) is 2. The summed E-state index contributed by atoms with van der Waals surface area (Å²) in [7, 11) is 1.82. The van der Waals surface area contributed by atoms with Crippen LogP contribution in [-0.4, -0.2) is 48.6 Å². The molecule has 2 heterocycles. The normalized spacial score (nSPS) is 16.2. The molecular weight excluding hydrogens is 353 g/mol. The number of aliphatic imine (C=N–C) groups is 1. The van der Waals surface area contributed by atoms with Gasteiger partial charge < -0.3 is 10.6 Å². The molecule has 0 unspecified atom stereocenters. The summed E-state index contributed by atoms with van der Waals surface area (Å²) in [5.74, 6) is 0.688. The van der Waals surface area contributed by atoms with E-state index < -0.39 is 0 Å². The van der Waals surface area contributed by atoms with Crippen molar-refractivity contribution in [2.75, 3.05) is 26.7 Å². The Morgan fingerprint density at radius 1 is 1.21 bits per heavy atom. The maximum Gasteiger partial charge on any atom is 0.191 e. The van der Waals surface area contributed by atoms with Crippen molar-refractivity contribution < 1.29 is 4.39 Å². The molecule has 0 amide bonds. The molecule has 6 heteroatoms. The van der Waals surface area contributed by atoms with E-state index in [-0.39, 0.29) is 5.82 Å². The maximum absolute atomic E-state index is 13.0. The third-order valence-corrected chi connectivity index (χ3v) is 5.29. The van der Waals surface area contributed by atoms with Crippen molar-refractivity contribution in [3.8, 4) is 0 Å². The summed E-state index contributed by atoms with van der Waals surface area (Å²) in [6.07, 6.45) is 6.85. The number of piperidine rings is 1. The van der Waals surface area contributed by atoms with Crippen molar-refractivity contribution in [3.05, 3.63) is 65.2 Å². The minimum atomic E-state index is -0.176. The van der Waals surface area contributed by atoms with Gasteiger partial charge in [-0.2, -0.15) is 0 Å². The molecule has 1 aliphatic heterocycles. The Labute approximate surface area is 167 Å². The number of hydrogen-bond donors (Lipinski definition) is 2. The molecule has 1 aliphatic rings. The van der Waals surface area contributed by atoms with Crippen LogP contribution in [0.3, 0.4) is 0 Å². The van der Waals surface area contributed by atoms with E-state index in [2.05, 4.69) is 38.5 Å². The van der Waals surface area contributed by atoms with Gasteiger partial charge in [0.25, 0.3) is 0 Å². The van der Waals surface area contributed by atoms with Gasteiger partial charge in [0.2, 0.25) is 0 Å². The Hall–Kier alpha value is -2.47. The van der Waals surface area contributed by atoms with E-state index in [1.54, 1.807) is 0 Å². The highest BCUT2D eigenvalue weighted by molar-refractivity contribution is 5.79. The van der Waals surface area contributed by atoms with Crippen molar-refractivity contribution >= 4 is 5.96 Å². The first-order chi connectivity index (χ1) is 13.6. The molecule has 1 fully saturated rings. The Morgan fingerprint density at radius 2 is 1.96 bits per heavy atom. The van der Waals surface area contributed by atoms with Gasteiger partial charge in [0.1, 0.15) is 5.82 Å². The topological polar surface area (TPSA) is 52.6 Å². The van der Waals surface area contributed by atoms with E-state index >= 15 is 0 Å². The van der Waals surface area contributed by atoms with Gasteiger partial charge in [-0.25, -0.2) is 4.39 Å². The van der Waals surface area contributed by atoms with Crippen LogP contribution >= 0.6 is 0 Å². The standard InChI is InChI=1S/C22H30FN5/c1-17-15-25-11-7-19(17)8-12-26-22(24-2)27-21-9-13-28(14-10-21)16-18-3-5-20(23)6-4-18/h3-7,11,15,21H,8-10,12-14,16H2,1-2H3,(H2,24,26,27). The fourth-order valence-electron chi connectivity index (χ4n) is 3.57. The second-order valence-corrected chi connectivity index (χ2v) is 7.37. The van der Waals surface area contributed by atoms with Crippen LogP contribution in [0.25, 0.3) is 0 Å². The lowest BCUT2D eigenvalue weighted by molar-refractivity contribution is 0.198. The van der Waals surface area contributed by atoms with Gasteiger partial charge in [0.15, 0.2) is 5.96 Å². The summed E-state index contributed by atoms with van der Waals surface area (Å²) >= 11 is 0. The molecule has 28 heavy (non-hydrogen) atoms. The zero-order chi connectivity index (χ0) is 19.8. The number of nitrogens with zero attached hydrogens (tertiary/aromatic N) is 3. The Morgan fingerprint density at radius 3 is 2.64 bits per heavy atom. The number of halogens is 1. The molecule has 0 aliphatic carbocycles. The molecule has 0 bridgehead atoms. The third kappa shape index (κ3) is 6.02. The predicted octanol–water partition coefficient (Wildman–Crippen LogP) is 2.90. The van der Waals surface area contributed by atoms with E-state index in [1.165, 1.54) is 23.3 Å². The second kappa shape index (κ2) is 10.2. The maximum atomic E-state index is 13.0. The zero-order valence-electron chi connectivity index (χ0n) is 16.8. The Kier molecular flexibility index (Phi) is 7.37. The highest BCUT2D eigenvalue weighted by atomic mass is 19.1. The molecular formula is C22H30FN5. The monoisotopic (exact) mass is 383 g/mol. The third-order valence-electron chi connectivity index (χ3n) is 5.29. The number of likely N-dealkylation sites (tertiary alicyclic amines) is 1. The molecule has 2 aromatic rings. The molecule has 2 N–H and O–H groups in total. The molecule has 0 radical (unpaired) electrons. The largest absolute Gasteiger partial charge is 0.356 e. The van der Waals surface area contributed by atoms with Crippen LogP contribution in [0.2, 0.25) is 0 Å². The predicted molar refractivity (Wildman–Crippen MR) is 112 cm³/mol. The van der Waals surface area contributed by atoms with E-state index in [9.17, 15) is 4.39 Å². The first-order valence-electron chi connectivity index (χ1n) is 9.97. The molecule has 1 aromatic carbocycles. The lowest BCUT2D eigenvalue weighted by Gasteiger charge is -2.33. The summed E-state index contributed by atoms with van der Waals surface area (Å²) < 4.78 is 13.0. The van der Waals surface area contributed by atoms with E-state index in [0.29, 0.717) is 6.04 Å². The van der Waals surface area contributed by atoms with Crippen molar-refractivity contribution in [2.24, 2.45) is 4.99 Å². The van der Waals surface area contributed by atoms with Gasteiger partial charge in [-0.15, -0.1) is 0 Å². The molecule has 1 aromatic heterocycles. The second-order valence-electron chi connectivity index (χ2n) is 7.37. The summed E-state index contributed by atoms with van der Waals surface area (Å²) in [5, 5.41) is 6.97. The van der Waals surface area contributed by atoms with Crippen molar-refractivity contribution in [2.45, 2.75) is 38.8 Å². The fourth-order valence-corrected chi connectivity index (χ4v) is 3.57.